The summed E-state index contributed by atoms with van der Waals surface area (Å²) >= 11 is 0. The Hall–Kier alpha value is -1.55. The highest BCUT2D eigenvalue weighted by molar-refractivity contribution is 5.67. The van der Waals surface area contributed by atoms with Gasteiger partial charge in [-0.05, 0) is 42.5 Å². The molecule has 1 aromatic carbocycles. The summed E-state index contributed by atoms with van der Waals surface area (Å²) in [6, 6.07) is 7.06. The van der Waals surface area contributed by atoms with E-state index in [1.165, 1.54) is 0 Å². The second-order valence-electron chi connectivity index (χ2n) is 4.55. The van der Waals surface area contributed by atoms with Crippen molar-refractivity contribution in [3.63, 3.8) is 0 Å². The average Bonchev–Trinajstić information content (AvgIpc) is 2.30. The number of carboxylic acids is 1. The number of rotatable bonds is 3. The summed E-state index contributed by atoms with van der Waals surface area (Å²) in [6.07, 6.45) is 1.10. The van der Waals surface area contributed by atoms with Gasteiger partial charge in [-0.25, -0.2) is 0 Å². The van der Waals surface area contributed by atoms with E-state index in [2.05, 4.69) is 5.32 Å². The molecule has 0 aromatic heterocycles. The van der Waals surface area contributed by atoms with E-state index in [-0.39, 0.29) is 24.0 Å². The summed E-state index contributed by atoms with van der Waals surface area (Å²) in [4.78, 5) is 10.8. The number of hydrogen-bond acceptors (Lipinski definition) is 3. The Kier molecular flexibility index (Phi) is 3.64. The van der Waals surface area contributed by atoms with Gasteiger partial charge in [0.25, 0.3) is 0 Å². The number of nitrogens with one attached hydrogen (secondary N) is 1. The zero-order chi connectivity index (χ0) is 12.3. The average molecular weight is 235 g/mol. The number of carboxylic acid groups (broad SMARTS) is 1. The molecule has 2 rings (SSSR count). The van der Waals surface area contributed by atoms with Gasteiger partial charge in [-0.3, -0.25) is 4.79 Å². The number of carbonyl (C=O) groups is 1. The van der Waals surface area contributed by atoms with Crippen molar-refractivity contribution < 1.29 is 15.0 Å². The molecule has 1 aromatic rings. The van der Waals surface area contributed by atoms with Crippen LogP contribution in [0.2, 0.25) is 0 Å². The van der Waals surface area contributed by atoms with E-state index in [1.54, 1.807) is 12.1 Å². The van der Waals surface area contributed by atoms with Crippen LogP contribution in [0.5, 0.6) is 5.75 Å². The van der Waals surface area contributed by atoms with Gasteiger partial charge in [-0.15, -0.1) is 0 Å². The molecule has 2 unspecified atom stereocenters. The summed E-state index contributed by atoms with van der Waals surface area (Å²) in [5, 5.41) is 21.5. The van der Waals surface area contributed by atoms with E-state index < -0.39 is 5.97 Å². The molecule has 17 heavy (non-hydrogen) atoms. The van der Waals surface area contributed by atoms with Crippen molar-refractivity contribution in [3.05, 3.63) is 29.8 Å². The maximum absolute atomic E-state index is 10.8. The third-order valence-corrected chi connectivity index (χ3v) is 3.38. The van der Waals surface area contributed by atoms with Crippen LogP contribution < -0.4 is 5.32 Å². The van der Waals surface area contributed by atoms with Gasteiger partial charge < -0.3 is 15.5 Å². The Balaban J connectivity index is 2.15. The molecule has 1 aliphatic heterocycles. The molecule has 0 saturated carbocycles. The number of hydrogen-bond donors (Lipinski definition) is 3. The van der Waals surface area contributed by atoms with Gasteiger partial charge in [0.05, 0.1) is 0 Å². The van der Waals surface area contributed by atoms with Crippen molar-refractivity contribution in [2.75, 3.05) is 13.1 Å². The number of benzene rings is 1. The van der Waals surface area contributed by atoms with E-state index in [1.807, 2.05) is 12.1 Å². The monoisotopic (exact) mass is 235 g/mol. The summed E-state index contributed by atoms with van der Waals surface area (Å²) in [7, 11) is 0. The Bertz CT molecular complexity index is 388. The molecule has 2 atom stereocenters. The lowest BCUT2D eigenvalue weighted by molar-refractivity contribution is -0.138. The minimum Gasteiger partial charge on any atom is -0.508 e. The molecule has 0 bridgehead atoms. The number of piperidine rings is 1. The normalized spacial score (nSPS) is 24.5. The topological polar surface area (TPSA) is 69.6 Å². The molecular formula is C13H17NO3. The molecule has 0 aliphatic carbocycles. The van der Waals surface area contributed by atoms with Gasteiger partial charge in [0.15, 0.2) is 0 Å². The van der Waals surface area contributed by atoms with Crippen LogP contribution in [0.1, 0.15) is 24.3 Å². The molecule has 92 valence electrons. The second kappa shape index (κ2) is 5.19. The number of phenols is 1. The fourth-order valence-corrected chi connectivity index (χ4v) is 2.49. The second-order valence-corrected chi connectivity index (χ2v) is 4.55. The van der Waals surface area contributed by atoms with Crippen LogP contribution in [0.4, 0.5) is 0 Å². The molecule has 1 saturated heterocycles. The van der Waals surface area contributed by atoms with Crippen LogP contribution in [-0.4, -0.2) is 29.3 Å². The zero-order valence-electron chi connectivity index (χ0n) is 9.60. The number of aromatic hydroxyl groups is 1. The molecule has 3 N–H and O–H groups in total. The lowest BCUT2D eigenvalue weighted by Gasteiger charge is -2.31. The molecular weight excluding hydrogens is 218 g/mol. The highest BCUT2D eigenvalue weighted by Gasteiger charge is 2.27. The highest BCUT2D eigenvalue weighted by Crippen LogP contribution is 2.32. The van der Waals surface area contributed by atoms with Crippen LogP contribution in [0.3, 0.4) is 0 Å². The van der Waals surface area contributed by atoms with E-state index >= 15 is 0 Å². The zero-order valence-corrected chi connectivity index (χ0v) is 9.60. The number of phenolic OH excluding ortho intramolecular Hbond substituents is 1. The van der Waals surface area contributed by atoms with Crippen molar-refractivity contribution in [1.82, 2.24) is 5.32 Å². The van der Waals surface area contributed by atoms with Gasteiger partial charge in [-0.1, -0.05) is 12.1 Å². The number of aliphatic carboxylic acids is 1. The van der Waals surface area contributed by atoms with Crippen molar-refractivity contribution in [1.29, 1.82) is 0 Å². The first-order valence-electron chi connectivity index (χ1n) is 5.88. The summed E-state index contributed by atoms with van der Waals surface area (Å²) in [5.74, 6) is -0.0910. The highest BCUT2D eigenvalue weighted by atomic mass is 16.4. The molecule has 0 radical (unpaired) electrons. The van der Waals surface area contributed by atoms with Crippen molar-refractivity contribution in [3.8, 4) is 5.75 Å². The summed E-state index contributed by atoms with van der Waals surface area (Å²) in [5.41, 5.74) is 1.10. The molecule has 4 heteroatoms. The van der Waals surface area contributed by atoms with E-state index in [0.29, 0.717) is 0 Å². The van der Waals surface area contributed by atoms with Crippen LogP contribution in [0, 0.1) is 5.92 Å². The summed E-state index contributed by atoms with van der Waals surface area (Å²) < 4.78 is 0. The van der Waals surface area contributed by atoms with Crippen LogP contribution in [0.25, 0.3) is 0 Å². The van der Waals surface area contributed by atoms with Crippen molar-refractivity contribution in [2.45, 2.75) is 18.8 Å². The molecule has 0 amide bonds. The van der Waals surface area contributed by atoms with E-state index in [0.717, 1.165) is 25.1 Å². The minimum absolute atomic E-state index is 0.179. The standard InChI is InChI=1S/C13H17NO3/c15-11-3-1-9(2-4-11)12-8-14-6-5-10(12)7-13(16)17/h1-4,10,12,14-15H,5-8H2,(H,16,17). The third-order valence-electron chi connectivity index (χ3n) is 3.38. The molecule has 4 nitrogen and oxygen atoms in total. The van der Waals surface area contributed by atoms with Crippen LogP contribution in [-0.2, 0) is 4.79 Å². The third kappa shape index (κ3) is 2.97. The first-order valence-corrected chi connectivity index (χ1v) is 5.88. The fourth-order valence-electron chi connectivity index (χ4n) is 2.49. The maximum atomic E-state index is 10.8. The Labute approximate surface area is 100 Å². The van der Waals surface area contributed by atoms with Gasteiger partial charge in [0.1, 0.15) is 5.75 Å². The predicted octanol–water partition coefficient (Wildman–Crippen LogP) is 1.56. The van der Waals surface area contributed by atoms with Gasteiger partial charge >= 0.3 is 5.97 Å². The quantitative estimate of drug-likeness (QED) is 0.743. The molecule has 1 aliphatic rings. The van der Waals surface area contributed by atoms with Crippen molar-refractivity contribution in [2.24, 2.45) is 5.92 Å². The van der Waals surface area contributed by atoms with Gasteiger partial charge in [-0.2, -0.15) is 0 Å². The molecule has 0 spiro atoms. The Morgan fingerprint density at radius 1 is 1.35 bits per heavy atom. The van der Waals surface area contributed by atoms with Crippen molar-refractivity contribution >= 4 is 5.97 Å². The van der Waals surface area contributed by atoms with E-state index in [9.17, 15) is 9.90 Å². The summed E-state index contributed by atoms with van der Waals surface area (Å²) in [6.45, 7) is 1.69. The first kappa shape index (κ1) is 11.9. The van der Waals surface area contributed by atoms with Crippen LogP contribution >= 0.6 is 0 Å². The lowest BCUT2D eigenvalue weighted by atomic mass is 9.79. The largest absolute Gasteiger partial charge is 0.508 e. The van der Waals surface area contributed by atoms with E-state index in [4.69, 9.17) is 5.11 Å². The Morgan fingerprint density at radius 3 is 2.71 bits per heavy atom. The lowest BCUT2D eigenvalue weighted by Crippen LogP contribution is -2.36. The SMILES string of the molecule is O=C(O)CC1CCNCC1c1ccc(O)cc1. The minimum atomic E-state index is -0.735. The molecule has 1 fully saturated rings. The predicted molar refractivity (Wildman–Crippen MR) is 64.1 cm³/mol. The smallest absolute Gasteiger partial charge is 0.303 e. The first-order chi connectivity index (χ1) is 8.16. The fraction of sp³-hybridized carbons (Fsp3) is 0.462. The van der Waals surface area contributed by atoms with Crippen LogP contribution in [0.15, 0.2) is 24.3 Å². The van der Waals surface area contributed by atoms with Gasteiger partial charge in [0.2, 0.25) is 0 Å². The Morgan fingerprint density at radius 2 is 2.06 bits per heavy atom. The van der Waals surface area contributed by atoms with Gasteiger partial charge in [0, 0.05) is 13.0 Å². The maximum Gasteiger partial charge on any atom is 0.303 e. The molecule has 1 heterocycles.